The number of hydrogen-bond acceptors (Lipinski definition) is 6. The van der Waals surface area contributed by atoms with Gasteiger partial charge in [-0.15, -0.1) is 0 Å². The number of nitrogens with zero attached hydrogens (tertiary/aromatic N) is 4. The Labute approximate surface area is 153 Å². The third-order valence-electron chi connectivity index (χ3n) is 3.57. The molecule has 0 aliphatic rings. The standard InChI is InChI=1S/C17H15N5O3S/c1-12-19-20-17(26)21(12)18-10-13-4-8-16(9-5-13)25-11-14-2-6-15(7-3-14)22(23)24/h2-10H,11H2,1H3,(H,20,26)/b18-10-. The lowest BCUT2D eigenvalue weighted by Crippen LogP contribution is -1.97. The van der Waals surface area contributed by atoms with E-state index in [0.29, 0.717) is 23.0 Å². The number of ether oxygens (including phenoxy) is 1. The molecule has 0 spiro atoms. The minimum absolute atomic E-state index is 0.0605. The highest BCUT2D eigenvalue weighted by Gasteiger charge is 2.04. The summed E-state index contributed by atoms with van der Waals surface area (Å²) in [4.78, 5) is 10.2. The van der Waals surface area contributed by atoms with Gasteiger partial charge in [0.05, 0.1) is 11.1 Å². The molecule has 0 amide bonds. The van der Waals surface area contributed by atoms with Gasteiger partial charge in [0.15, 0.2) is 0 Å². The largest absolute Gasteiger partial charge is 0.489 e. The van der Waals surface area contributed by atoms with E-state index >= 15 is 0 Å². The quantitative estimate of drug-likeness (QED) is 0.310. The molecule has 1 heterocycles. The second-order valence-corrected chi connectivity index (χ2v) is 5.80. The van der Waals surface area contributed by atoms with Crippen molar-refractivity contribution in [1.82, 2.24) is 14.9 Å². The minimum Gasteiger partial charge on any atom is -0.489 e. The fourth-order valence-electron chi connectivity index (χ4n) is 2.16. The van der Waals surface area contributed by atoms with Crippen molar-refractivity contribution in [3.63, 3.8) is 0 Å². The van der Waals surface area contributed by atoms with E-state index in [0.717, 1.165) is 11.1 Å². The summed E-state index contributed by atoms with van der Waals surface area (Å²) in [7, 11) is 0. The Hall–Kier alpha value is -3.33. The van der Waals surface area contributed by atoms with Crippen molar-refractivity contribution in [2.75, 3.05) is 0 Å². The van der Waals surface area contributed by atoms with Gasteiger partial charge in [0.1, 0.15) is 18.2 Å². The summed E-state index contributed by atoms with van der Waals surface area (Å²) < 4.78 is 7.65. The van der Waals surface area contributed by atoms with Crippen LogP contribution in [0.3, 0.4) is 0 Å². The highest BCUT2D eigenvalue weighted by atomic mass is 32.1. The van der Waals surface area contributed by atoms with E-state index in [1.807, 2.05) is 24.3 Å². The van der Waals surface area contributed by atoms with Gasteiger partial charge in [-0.1, -0.05) is 0 Å². The molecule has 0 bridgehead atoms. The van der Waals surface area contributed by atoms with E-state index in [2.05, 4.69) is 15.3 Å². The molecular weight excluding hydrogens is 354 g/mol. The minimum atomic E-state index is -0.427. The zero-order chi connectivity index (χ0) is 18.5. The average Bonchev–Trinajstić information content (AvgIpc) is 2.97. The number of aromatic amines is 1. The summed E-state index contributed by atoms with van der Waals surface area (Å²) in [5.74, 6) is 1.37. The molecule has 0 fully saturated rings. The maximum Gasteiger partial charge on any atom is 0.269 e. The van der Waals surface area contributed by atoms with Gasteiger partial charge in [-0.05, 0) is 66.7 Å². The summed E-state index contributed by atoms with van der Waals surface area (Å²) in [6.45, 7) is 2.13. The summed E-state index contributed by atoms with van der Waals surface area (Å²) in [5.41, 5.74) is 1.80. The second kappa shape index (κ2) is 7.70. The summed E-state index contributed by atoms with van der Waals surface area (Å²) >= 11 is 5.09. The number of rotatable bonds is 6. The summed E-state index contributed by atoms with van der Waals surface area (Å²) in [6.07, 6.45) is 1.68. The molecule has 8 nitrogen and oxygen atoms in total. The van der Waals surface area contributed by atoms with Crippen LogP contribution in [-0.2, 0) is 6.61 Å². The molecule has 9 heteroatoms. The van der Waals surface area contributed by atoms with Crippen LogP contribution in [0.5, 0.6) is 5.75 Å². The molecule has 3 rings (SSSR count). The Kier molecular flexibility index (Phi) is 5.18. The van der Waals surface area contributed by atoms with E-state index in [1.54, 1.807) is 25.3 Å². The highest BCUT2D eigenvalue weighted by molar-refractivity contribution is 7.71. The van der Waals surface area contributed by atoms with Gasteiger partial charge in [0, 0.05) is 12.1 Å². The van der Waals surface area contributed by atoms with Crippen molar-refractivity contribution in [3.8, 4) is 5.75 Å². The number of nitro groups is 1. The molecule has 3 aromatic rings. The first-order valence-electron chi connectivity index (χ1n) is 7.67. The Morgan fingerprint density at radius 3 is 2.54 bits per heavy atom. The number of nitro benzene ring substituents is 1. The molecule has 0 aliphatic carbocycles. The van der Waals surface area contributed by atoms with Crippen LogP contribution >= 0.6 is 12.2 Å². The first kappa shape index (κ1) is 17.5. The average molecular weight is 369 g/mol. The number of non-ortho nitro benzene ring substituents is 1. The van der Waals surface area contributed by atoms with Crippen molar-refractivity contribution in [2.45, 2.75) is 13.5 Å². The van der Waals surface area contributed by atoms with Gasteiger partial charge in [-0.25, -0.2) is 0 Å². The fourth-order valence-corrected chi connectivity index (χ4v) is 2.39. The van der Waals surface area contributed by atoms with Gasteiger partial charge in [0.2, 0.25) is 4.77 Å². The van der Waals surface area contributed by atoms with Crippen molar-refractivity contribution < 1.29 is 9.66 Å². The predicted octanol–water partition coefficient (Wildman–Crippen LogP) is 3.62. The fraction of sp³-hybridized carbons (Fsp3) is 0.118. The molecule has 0 saturated carbocycles. The number of hydrogen-bond donors (Lipinski definition) is 1. The maximum absolute atomic E-state index is 10.6. The highest BCUT2D eigenvalue weighted by Crippen LogP contribution is 2.16. The van der Waals surface area contributed by atoms with Crippen LogP contribution in [0.4, 0.5) is 5.69 Å². The first-order chi connectivity index (χ1) is 12.5. The number of H-pyrrole nitrogens is 1. The van der Waals surface area contributed by atoms with E-state index in [4.69, 9.17) is 17.0 Å². The number of aromatic nitrogens is 3. The molecule has 0 radical (unpaired) electrons. The van der Waals surface area contributed by atoms with Gasteiger partial charge in [-0.2, -0.15) is 14.9 Å². The SMILES string of the molecule is Cc1n[nH]c(=S)n1/N=C\c1ccc(OCc2ccc([N+](=O)[O-])cc2)cc1. The van der Waals surface area contributed by atoms with E-state index < -0.39 is 4.92 Å². The molecule has 0 unspecified atom stereocenters. The second-order valence-electron chi connectivity index (χ2n) is 5.41. The van der Waals surface area contributed by atoms with Gasteiger partial charge < -0.3 is 4.74 Å². The Bertz CT molecular complexity index is 990. The van der Waals surface area contributed by atoms with Gasteiger partial charge in [-0.3, -0.25) is 15.2 Å². The number of aryl methyl sites for hydroxylation is 1. The lowest BCUT2D eigenvalue weighted by Gasteiger charge is -2.06. The van der Waals surface area contributed by atoms with Crippen molar-refractivity contribution in [3.05, 3.63) is 80.4 Å². The van der Waals surface area contributed by atoms with Crippen LogP contribution in [0.2, 0.25) is 0 Å². The molecule has 2 aromatic carbocycles. The Morgan fingerprint density at radius 2 is 1.96 bits per heavy atom. The van der Waals surface area contributed by atoms with Crippen LogP contribution in [0.25, 0.3) is 0 Å². The van der Waals surface area contributed by atoms with Crippen LogP contribution < -0.4 is 4.74 Å². The molecule has 0 aliphatic heterocycles. The normalized spacial score (nSPS) is 11.0. The van der Waals surface area contributed by atoms with E-state index in [-0.39, 0.29) is 5.69 Å². The van der Waals surface area contributed by atoms with Crippen molar-refractivity contribution >= 4 is 24.1 Å². The number of nitrogens with one attached hydrogen (secondary N) is 1. The third kappa shape index (κ3) is 4.19. The summed E-state index contributed by atoms with van der Waals surface area (Å²) in [6, 6.07) is 13.7. The molecule has 0 saturated heterocycles. The van der Waals surface area contributed by atoms with E-state index in [1.165, 1.54) is 16.8 Å². The van der Waals surface area contributed by atoms with Crippen molar-refractivity contribution in [1.29, 1.82) is 0 Å². The molecule has 26 heavy (non-hydrogen) atoms. The van der Waals surface area contributed by atoms with Crippen LogP contribution in [0.15, 0.2) is 53.6 Å². The number of benzene rings is 2. The Balaban J connectivity index is 1.61. The van der Waals surface area contributed by atoms with Gasteiger partial charge >= 0.3 is 0 Å². The lowest BCUT2D eigenvalue weighted by molar-refractivity contribution is -0.384. The molecular formula is C17H15N5O3S. The smallest absolute Gasteiger partial charge is 0.269 e. The molecule has 0 atom stereocenters. The van der Waals surface area contributed by atoms with Gasteiger partial charge in [0.25, 0.3) is 5.69 Å². The third-order valence-corrected chi connectivity index (χ3v) is 3.83. The van der Waals surface area contributed by atoms with Crippen LogP contribution in [0.1, 0.15) is 17.0 Å². The van der Waals surface area contributed by atoms with Crippen molar-refractivity contribution in [2.24, 2.45) is 5.10 Å². The molecule has 1 aromatic heterocycles. The monoisotopic (exact) mass is 369 g/mol. The Morgan fingerprint density at radius 1 is 1.27 bits per heavy atom. The lowest BCUT2D eigenvalue weighted by atomic mass is 10.2. The molecule has 132 valence electrons. The van der Waals surface area contributed by atoms with E-state index in [9.17, 15) is 10.1 Å². The summed E-state index contributed by atoms with van der Waals surface area (Å²) in [5, 5.41) is 21.6. The van der Waals surface area contributed by atoms with Crippen LogP contribution in [0, 0.1) is 21.8 Å². The zero-order valence-corrected chi connectivity index (χ0v) is 14.6. The zero-order valence-electron chi connectivity index (χ0n) is 13.8. The maximum atomic E-state index is 10.6. The van der Waals surface area contributed by atoms with Crippen LogP contribution in [-0.4, -0.2) is 26.0 Å². The topological polar surface area (TPSA) is 98.3 Å². The molecule has 1 N–H and O–H groups in total. The predicted molar refractivity (Wildman–Crippen MR) is 99.0 cm³/mol. The first-order valence-corrected chi connectivity index (χ1v) is 8.08.